The highest BCUT2D eigenvalue weighted by atomic mass is 16.6. The highest BCUT2D eigenvalue weighted by molar-refractivity contribution is 5.93. The van der Waals surface area contributed by atoms with Gasteiger partial charge in [0.05, 0.1) is 5.69 Å². The molecule has 140 valence electrons. The summed E-state index contributed by atoms with van der Waals surface area (Å²) in [6.45, 7) is 7.41. The Bertz CT molecular complexity index is 579. The van der Waals surface area contributed by atoms with E-state index in [1.807, 2.05) is 0 Å². The number of hydrogen-bond donors (Lipinski definition) is 3. The largest absolute Gasteiger partial charge is 0.506 e. The Morgan fingerprint density at radius 1 is 1.08 bits per heavy atom. The van der Waals surface area contributed by atoms with Crippen LogP contribution in [0.15, 0.2) is 18.2 Å². The van der Waals surface area contributed by atoms with E-state index < -0.39 is 11.7 Å². The van der Waals surface area contributed by atoms with Crippen LogP contribution in [0.25, 0.3) is 0 Å². The average Bonchev–Trinajstić information content (AvgIpc) is 2.48. The van der Waals surface area contributed by atoms with Crippen LogP contribution in [-0.2, 0) is 9.53 Å². The summed E-state index contributed by atoms with van der Waals surface area (Å²) in [6, 6.07) is 4.52. The molecule has 0 heterocycles. The van der Waals surface area contributed by atoms with E-state index in [-0.39, 0.29) is 17.3 Å². The number of phenolic OH excluding ortho intramolecular Hbond substituents is 1. The van der Waals surface area contributed by atoms with E-state index in [0.717, 1.165) is 19.3 Å². The van der Waals surface area contributed by atoms with Crippen molar-refractivity contribution in [1.82, 2.24) is 0 Å². The summed E-state index contributed by atoms with van der Waals surface area (Å²) in [4.78, 5) is 23.8. The van der Waals surface area contributed by atoms with Gasteiger partial charge in [-0.2, -0.15) is 0 Å². The van der Waals surface area contributed by atoms with Gasteiger partial charge in [-0.3, -0.25) is 10.1 Å². The van der Waals surface area contributed by atoms with Crippen LogP contribution in [0.5, 0.6) is 5.75 Å². The van der Waals surface area contributed by atoms with Gasteiger partial charge < -0.3 is 15.2 Å². The van der Waals surface area contributed by atoms with Gasteiger partial charge in [0.25, 0.3) is 0 Å². The van der Waals surface area contributed by atoms with Crippen molar-refractivity contribution in [3.05, 3.63) is 18.2 Å². The maximum atomic E-state index is 12.0. The third kappa shape index (κ3) is 8.98. The molecule has 3 N–H and O–H groups in total. The van der Waals surface area contributed by atoms with Crippen molar-refractivity contribution in [2.45, 2.75) is 71.8 Å². The molecular weight excluding hydrogens is 320 g/mol. The molecule has 2 amide bonds. The fourth-order valence-electron chi connectivity index (χ4n) is 2.24. The fourth-order valence-corrected chi connectivity index (χ4v) is 2.24. The van der Waals surface area contributed by atoms with Crippen LogP contribution in [0, 0.1) is 0 Å². The van der Waals surface area contributed by atoms with Crippen LogP contribution >= 0.6 is 0 Å². The molecule has 6 heteroatoms. The number of benzene rings is 1. The number of hydrogen-bond acceptors (Lipinski definition) is 4. The van der Waals surface area contributed by atoms with E-state index in [2.05, 4.69) is 17.6 Å². The maximum Gasteiger partial charge on any atom is 0.412 e. The summed E-state index contributed by atoms with van der Waals surface area (Å²) in [7, 11) is 0. The van der Waals surface area contributed by atoms with E-state index >= 15 is 0 Å². The summed E-state index contributed by atoms with van der Waals surface area (Å²) in [5, 5.41) is 15.1. The lowest BCUT2D eigenvalue weighted by Gasteiger charge is -2.20. The Hall–Kier alpha value is -2.24. The first kappa shape index (κ1) is 20.8. The third-order valence-electron chi connectivity index (χ3n) is 3.42. The minimum Gasteiger partial charge on any atom is -0.506 e. The van der Waals surface area contributed by atoms with Gasteiger partial charge in [-0.05, 0) is 45.4 Å². The molecule has 0 unspecified atom stereocenters. The standard InChI is InChI=1S/C19H30N2O4/c1-5-6-7-8-9-10-17(23)20-14-11-12-16(22)15(13-14)21-18(24)25-19(2,3)4/h11-13,22H,5-10H2,1-4H3,(H,20,23)(H,21,24). The zero-order valence-electron chi connectivity index (χ0n) is 15.6. The second kappa shape index (κ2) is 9.91. The number of anilines is 2. The van der Waals surface area contributed by atoms with E-state index in [1.165, 1.54) is 25.0 Å². The molecular formula is C19H30N2O4. The quantitative estimate of drug-likeness (QED) is 0.348. The molecule has 0 radical (unpaired) electrons. The first-order chi connectivity index (χ1) is 11.7. The normalized spacial score (nSPS) is 11.0. The molecule has 1 aromatic carbocycles. The summed E-state index contributed by atoms with van der Waals surface area (Å²) >= 11 is 0. The Kier molecular flexibility index (Phi) is 8.25. The number of amides is 2. The fraction of sp³-hybridized carbons (Fsp3) is 0.579. The number of unbranched alkanes of at least 4 members (excludes halogenated alkanes) is 4. The molecule has 0 aromatic heterocycles. The Morgan fingerprint density at radius 2 is 1.76 bits per heavy atom. The zero-order valence-corrected chi connectivity index (χ0v) is 15.6. The van der Waals surface area contributed by atoms with Gasteiger partial charge >= 0.3 is 6.09 Å². The minimum atomic E-state index is -0.665. The van der Waals surface area contributed by atoms with Crippen molar-refractivity contribution in [1.29, 1.82) is 0 Å². The molecule has 0 atom stereocenters. The van der Waals surface area contributed by atoms with Crippen molar-refractivity contribution in [3.8, 4) is 5.75 Å². The molecule has 0 fully saturated rings. The number of carbonyl (C=O) groups is 2. The van der Waals surface area contributed by atoms with Crippen LogP contribution in [0.4, 0.5) is 16.2 Å². The van der Waals surface area contributed by atoms with Gasteiger partial charge in [0.2, 0.25) is 5.91 Å². The average molecular weight is 350 g/mol. The first-order valence-corrected chi connectivity index (χ1v) is 8.84. The lowest BCUT2D eigenvalue weighted by molar-refractivity contribution is -0.116. The van der Waals surface area contributed by atoms with E-state index in [9.17, 15) is 14.7 Å². The number of phenols is 1. The SMILES string of the molecule is CCCCCCCC(=O)Nc1ccc(O)c(NC(=O)OC(C)(C)C)c1. The predicted octanol–water partition coefficient (Wildman–Crippen LogP) is 5.04. The predicted molar refractivity (Wildman–Crippen MR) is 100.0 cm³/mol. The topological polar surface area (TPSA) is 87.7 Å². The molecule has 1 aromatic rings. The van der Waals surface area contributed by atoms with Crippen molar-refractivity contribution in [2.75, 3.05) is 10.6 Å². The lowest BCUT2D eigenvalue weighted by atomic mass is 10.1. The number of ether oxygens (including phenoxy) is 1. The number of rotatable bonds is 8. The third-order valence-corrected chi connectivity index (χ3v) is 3.42. The minimum absolute atomic E-state index is 0.0783. The summed E-state index contributed by atoms with van der Waals surface area (Å²) < 4.78 is 5.15. The van der Waals surface area contributed by atoms with Gasteiger partial charge in [-0.1, -0.05) is 32.6 Å². The highest BCUT2D eigenvalue weighted by Gasteiger charge is 2.17. The van der Waals surface area contributed by atoms with Gasteiger partial charge in [0.1, 0.15) is 11.4 Å². The van der Waals surface area contributed by atoms with Crippen LogP contribution in [0.3, 0.4) is 0 Å². The summed E-state index contributed by atoms with van der Waals surface area (Å²) in [5.74, 6) is -0.172. The Labute approximate surface area is 150 Å². The molecule has 6 nitrogen and oxygen atoms in total. The molecule has 0 aliphatic heterocycles. The van der Waals surface area contributed by atoms with Crippen LogP contribution in [0.2, 0.25) is 0 Å². The summed E-state index contributed by atoms with van der Waals surface area (Å²) in [6.07, 6.45) is 5.20. The highest BCUT2D eigenvalue weighted by Crippen LogP contribution is 2.27. The molecule has 0 aliphatic carbocycles. The molecule has 0 saturated carbocycles. The molecule has 0 spiro atoms. The Morgan fingerprint density at radius 3 is 2.40 bits per heavy atom. The maximum absolute atomic E-state index is 12.0. The number of carbonyl (C=O) groups excluding carboxylic acids is 2. The van der Waals surface area contributed by atoms with Crippen molar-refractivity contribution in [3.63, 3.8) is 0 Å². The van der Waals surface area contributed by atoms with Crippen LogP contribution < -0.4 is 10.6 Å². The van der Waals surface area contributed by atoms with Gasteiger partial charge in [0, 0.05) is 12.1 Å². The number of nitrogens with one attached hydrogen (secondary N) is 2. The van der Waals surface area contributed by atoms with E-state index in [0.29, 0.717) is 12.1 Å². The van der Waals surface area contributed by atoms with Crippen molar-refractivity contribution < 1.29 is 19.4 Å². The van der Waals surface area contributed by atoms with Crippen molar-refractivity contribution >= 4 is 23.4 Å². The van der Waals surface area contributed by atoms with Gasteiger partial charge in [-0.25, -0.2) is 4.79 Å². The van der Waals surface area contributed by atoms with Crippen LogP contribution in [-0.4, -0.2) is 22.7 Å². The second-order valence-electron chi connectivity index (χ2n) is 7.07. The molecule has 0 aliphatic rings. The smallest absolute Gasteiger partial charge is 0.412 e. The molecule has 1 rings (SSSR count). The zero-order chi connectivity index (χ0) is 18.9. The van der Waals surface area contributed by atoms with Crippen LogP contribution in [0.1, 0.15) is 66.2 Å². The molecule has 0 bridgehead atoms. The van der Waals surface area contributed by atoms with Gasteiger partial charge in [0.15, 0.2) is 0 Å². The molecule has 0 saturated heterocycles. The Balaban J connectivity index is 2.56. The van der Waals surface area contributed by atoms with E-state index in [1.54, 1.807) is 26.8 Å². The van der Waals surface area contributed by atoms with E-state index in [4.69, 9.17) is 4.74 Å². The lowest BCUT2D eigenvalue weighted by Crippen LogP contribution is -2.27. The molecule has 25 heavy (non-hydrogen) atoms. The second-order valence-corrected chi connectivity index (χ2v) is 7.07. The first-order valence-electron chi connectivity index (χ1n) is 8.84. The monoisotopic (exact) mass is 350 g/mol. The van der Waals surface area contributed by atoms with Gasteiger partial charge in [-0.15, -0.1) is 0 Å². The number of aromatic hydroxyl groups is 1. The van der Waals surface area contributed by atoms with Crippen molar-refractivity contribution in [2.24, 2.45) is 0 Å². The summed E-state index contributed by atoms with van der Waals surface area (Å²) in [5.41, 5.74) is 0.0703.